The third-order valence-corrected chi connectivity index (χ3v) is 3.95. The lowest BCUT2D eigenvalue weighted by Crippen LogP contribution is -2.56. The summed E-state index contributed by atoms with van der Waals surface area (Å²) in [5.74, 6) is -0.234. The fourth-order valence-electron chi connectivity index (χ4n) is 2.80. The van der Waals surface area contributed by atoms with Crippen LogP contribution in [0.4, 0.5) is 0 Å². The van der Waals surface area contributed by atoms with Crippen LogP contribution in [0.2, 0.25) is 0 Å². The molecule has 1 aromatic carbocycles. The number of hydrogen-bond donors (Lipinski definition) is 2. The zero-order valence-corrected chi connectivity index (χ0v) is 12.4. The van der Waals surface area contributed by atoms with E-state index in [-0.39, 0.29) is 17.9 Å². The number of nitrogens with one attached hydrogen (secondary N) is 1. The molecule has 0 aromatic heterocycles. The minimum Gasteiger partial charge on any atom is -0.357 e. The van der Waals surface area contributed by atoms with Gasteiger partial charge in [-0.2, -0.15) is 0 Å². The highest BCUT2D eigenvalue weighted by atomic mass is 16.2. The Balaban J connectivity index is 2.04. The second-order valence-corrected chi connectivity index (χ2v) is 5.45. The van der Waals surface area contributed by atoms with Crippen molar-refractivity contribution in [2.24, 2.45) is 5.73 Å². The van der Waals surface area contributed by atoms with Crippen molar-refractivity contribution >= 4 is 11.8 Å². The van der Waals surface area contributed by atoms with E-state index in [0.717, 1.165) is 18.4 Å². The van der Waals surface area contributed by atoms with Gasteiger partial charge < -0.3 is 16.0 Å². The lowest BCUT2D eigenvalue weighted by atomic mass is 9.98. The molecule has 5 heteroatoms. The molecule has 0 spiro atoms. The number of nitrogens with zero attached hydrogens (tertiary/aromatic N) is 1. The van der Waals surface area contributed by atoms with Crippen LogP contribution in [0.15, 0.2) is 30.3 Å². The monoisotopic (exact) mass is 289 g/mol. The van der Waals surface area contributed by atoms with Crippen LogP contribution in [0.25, 0.3) is 0 Å². The molecule has 5 nitrogen and oxygen atoms in total. The molecule has 0 radical (unpaired) electrons. The minimum absolute atomic E-state index is 0.102. The largest absolute Gasteiger partial charge is 0.357 e. The quantitative estimate of drug-likeness (QED) is 0.856. The van der Waals surface area contributed by atoms with Gasteiger partial charge in [-0.1, -0.05) is 30.3 Å². The molecule has 114 valence electrons. The van der Waals surface area contributed by atoms with Gasteiger partial charge in [-0.05, 0) is 31.2 Å². The van der Waals surface area contributed by atoms with E-state index < -0.39 is 6.04 Å². The van der Waals surface area contributed by atoms with E-state index in [0.29, 0.717) is 19.4 Å². The van der Waals surface area contributed by atoms with Gasteiger partial charge in [0.2, 0.25) is 11.8 Å². The molecule has 0 saturated carbocycles. The molecule has 1 aromatic rings. The fraction of sp³-hybridized carbons (Fsp3) is 0.500. The van der Waals surface area contributed by atoms with Crippen molar-refractivity contribution < 1.29 is 9.59 Å². The molecule has 1 unspecified atom stereocenters. The Hall–Kier alpha value is -1.88. The second-order valence-electron chi connectivity index (χ2n) is 5.45. The molecule has 21 heavy (non-hydrogen) atoms. The number of carbonyl (C=O) groups excluding carboxylic acids is 2. The first-order valence-electron chi connectivity index (χ1n) is 7.45. The SMILES string of the molecule is CNC(=O)C1CCCCN1C(=O)[C@@H](N)Cc1ccccc1. The molecule has 1 saturated heterocycles. The van der Waals surface area contributed by atoms with Gasteiger partial charge >= 0.3 is 0 Å². The van der Waals surface area contributed by atoms with Gasteiger partial charge in [-0.3, -0.25) is 9.59 Å². The van der Waals surface area contributed by atoms with Gasteiger partial charge in [-0.15, -0.1) is 0 Å². The molecule has 0 bridgehead atoms. The van der Waals surface area contributed by atoms with E-state index in [1.165, 1.54) is 0 Å². The first kappa shape index (κ1) is 15.5. The molecule has 2 atom stereocenters. The Morgan fingerprint density at radius 1 is 1.33 bits per heavy atom. The van der Waals surface area contributed by atoms with Crippen molar-refractivity contribution in [3.63, 3.8) is 0 Å². The lowest BCUT2D eigenvalue weighted by Gasteiger charge is -2.36. The number of benzene rings is 1. The maximum atomic E-state index is 12.6. The topological polar surface area (TPSA) is 75.4 Å². The highest BCUT2D eigenvalue weighted by molar-refractivity contribution is 5.90. The number of carbonyl (C=O) groups is 2. The average molecular weight is 289 g/mol. The highest BCUT2D eigenvalue weighted by Gasteiger charge is 2.33. The van der Waals surface area contributed by atoms with Gasteiger partial charge in [0, 0.05) is 13.6 Å². The van der Waals surface area contributed by atoms with Crippen molar-refractivity contribution in [3.8, 4) is 0 Å². The molecule has 1 aliphatic rings. The summed E-state index contributed by atoms with van der Waals surface area (Å²) >= 11 is 0. The summed E-state index contributed by atoms with van der Waals surface area (Å²) < 4.78 is 0. The number of likely N-dealkylation sites (tertiary alicyclic amines) is 1. The van der Waals surface area contributed by atoms with Crippen LogP contribution in [0.5, 0.6) is 0 Å². The molecule has 2 rings (SSSR count). The first-order chi connectivity index (χ1) is 10.1. The van der Waals surface area contributed by atoms with Gasteiger partial charge in [0.05, 0.1) is 6.04 Å². The van der Waals surface area contributed by atoms with Gasteiger partial charge in [0.25, 0.3) is 0 Å². The third kappa shape index (κ3) is 3.82. The van der Waals surface area contributed by atoms with Crippen molar-refractivity contribution in [2.75, 3.05) is 13.6 Å². The standard InChI is InChI=1S/C16H23N3O2/c1-18-15(20)14-9-5-6-10-19(14)16(21)13(17)11-12-7-3-2-4-8-12/h2-4,7-8,13-14H,5-6,9-11,17H2,1H3,(H,18,20)/t13-,14?/m0/s1. The molecule has 1 aliphatic heterocycles. The van der Waals surface area contributed by atoms with Crippen LogP contribution < -0.4 is 11.1 Å². The number of hydrogen-bond acceptors (Lipinski definition) is 3. The number of rotatable bonds is 4. The Kier molecular flexibility index (Phi) is 5.33. The molecule has 1 fully saturated rings. The average Bonchev–Trinajstić information content (AvgIpc) is 2.54. The molecule has 2 amide bonds. The molecule has 0 aliphatic carbocycles. The zero-order chi connectivity index (χ0) is 15.2. The van der Waals surface area contributed by atoms with Crippen molar-refractivity contribution in [1.82, 2.24) is 10.2 Å². The summed E-state index contributed by atoms with van der Waals surface area (Å²) in [6.45, 7) is 0.611. The van der Waals surface area contributed by atoms with E-state index in [9.17, 15) is 9.59 Å². The van der Waals surface area contributed by atoms with Crippen LogP contribution in [-0.4, -0.2) is 42.4 Å². The summed E-state index contributed by atoms with van der Waals surface area (Å²) in [4.78, 5) is 26.1. The van der Waals surface area contributed by atoms with Crippen LogP contribution >= 0.6 is 0 Å². The van der Waals surface area contributed by atoms with Gasteiger partial charge in [-0.25, -0.2) is 0 Å². The Bertz CT molecular complexity index is 490. The molecule has 1 heterocycles. The molecule has 3 N–H and O–H groups in total. The van der Waals surface area contributed by atoms with E-state index in [1.807, 2.05) is 30.3 Å². The zero-order valence-electron chi connectivity index (χ0n) is 12.4. The Morgan fingerprint density at radius 3 is 2.71 bits per heavy atom. The molecular weight excluding hydrogens is 266 g/mol. The van der Waals surface area contributed by atoms with E-state index >= 15 is 0 Å². The van der Waals surface area contributed by atoms with Crippen LogP contribution in [-0.2, 0) is 16.0 Å². The normalized spacial score (nSPS) is 19.9. The van der Waals surface area contributed by atoms with Crippen molar-refractivity contribution in [2.45, 2.75) is 37.8 Å². The number of nitrogens with two attached hydrogens (primary N) is 1. The predicted molar refractivity (Wildman–Crippen MR) is 81.5 cm³/mol. The Labute approximate surface area is 125 Å². The third-order valence-electron chi connectivity index (χ3n) is 3.95. The van der Waals surface area contributed by atoms with Crippen LogP contribution in [0.3, 0.4) is 0 Å². The van der Waals surface area contributed by atoms with E-state index in [2.05, 4.69) is 5.32 Å². The Morgan fingerprint density at radius 2 is 2.05 bits per heavy atom. The number of piperidine rings is 1. The summed E-state index contributed by atoms with van der Waals surface area (Å²) in [6, 6.07) is 8.74. The van der Waals surface area contributed by atoms with Gasteiger partial charge in [0.1, 0.15) is 6.04 Å². The maximum Gasteiger partial charge on any atom is 0.242 e. The summed E-state index contributed by atoms with van der Waals surface area (Å²) in [5, 5.41) is 2.63. The first-order valence-corrected chi connectivity index (χ1v) is 7.45. The summed E-state index contributed by atoms with van der Waals surface area (Å²) in [5.41, 5.74) is 7.10. The van der Waals surface area contributed by atoms with Crippen LogP contribution in [0, 0.1) is 0 Å². The van der Waals surface area contributed by atoms with E-state index in [1.54, 1.807) is 11.9 Å². The highest BCUT2D eigenvalue weighted by Crippen LogP contribution is 2.18. The summed E-state index contributed by atoms with van der Waals surface area (Å²) in [6.07, 6.45) is 3.10. The number of likely N-dealkylation sites (N-methyl/N-ethyl adjacent to an activating group) is 1. The minimum atomic E-state index is -0.599. The van der Waals surface area contributed by atoms with E-state index in [4.69, 9.17) is 5.73 Å². The van der Waals surface area contributed by atoms with Crippen molar-refractivity contribution in [1.29, 1.82) is 0 Å². The number of amides is 2. The van der Waals surface area contributed by atoms with Crippen molar-refractivity contribution in [3.05, 3.63) is 35.9 Å². The summed E-state index contributed by atoms with van der Waals surface area (Å²) in [7, 11) is 1.60. The predicted octanol–water partition coefficient (Wildman–Crippen LogP) is 0.684. The van der Waals surface area contributed by atoms with Crippen LogP contribution in [0.1, 0.15) is 24.8 Å². The fourth-order valence-corrected chi connectivity index (χ4v) is 2.80. The maximum absolute atomic E-state index is 12.6. The molecular formula is C16H23N3O2. The second kappa shape index (κ2) is 7.22. The lowest BCUT2D eigenvalue weighted by molar-refractivity contribution is -0.143. The van der Waals surface area contributed by atoms with Gasteiger partial charge in [0.15, 0.2) is 0 Å². The smallest absolute Gasteiger partial charge is 0.242 e.